The molecule has 3 N–H and O–H groups in total. The number of aromatic nitrogens is 3. The summed E-state index contributed by atoms with van der Waals surface area (Å²) in [5.74, 6) is 0.925. The van der Waals surface area contributed by atoms with Gasteiger partial charge in [0.1, 0.15) is 5.76 Å². The SMILES string of the molecule is CON(C)C[C@@H](O)Cn1cc(NC(=O)Nc2cc(C)on2)cn1. The molecule has 0 aliphatic carbocycles. The summed E-state index contributed by atoms with van der Waals surface area (Å²) in [6.07, 6.45) is 2.45. The van der Waals surface area contributed by atoms with Crippen molar-refractivity contribution in [1.82, 2.24) is 20.0 Å². The Kier molecular flexibility index (Phi) is 5.68. The molecule has 2 amide bonds. The molecule has 0 aromatic carbocycles. The van der Waals surface area contributed by atoms with E-state index in [-0.39, 0.29) is 6.54 Å². The van der Waals surface area contributed by atoms with Crippen LogP contribution in [0.3, 0.4) is 0 Å². The minimum absolute atomic E-state index is 0.277. The summed E-state index contributed by atoms with van der Waals surface area (Å²) in [6, 6.07) is 1.14. The molecule has 0 fully saturated rings. The third kappa shape index (κ3) is 5.36. The van der Waals surface area contributed by atoms with Crippen LogP contribution >= 0.6 is 0 Å². The number of carbonyl (C=O) groups excluding carboxylic acids is 1. The third-order valence-corrected chi connectivity index (χ3v) is 2.94. The summed E-state index contributed by atoms with van der Waals surface area (Å²) in [5, 5.41) is 24.3. The van der Waals surface area contributed by atoms with Gasteiger partial charge in [0.25, 0.3) is 0 Å². The van der Waals surface area contributed by atoms with Crippen molar-refractivity contribution in [2.45, 2.75) is 19.6 Å². The van der Waals surface area contributed by atoms with E-state index < -0.39 is 12.1 Å². The molecule has 2 heterocycles. The van der Waals surface area contributed by atoms with Gasteiger partial charge in [0.05, 0.1) is 38.2 Å². The number of nitrogens with one attached hydrogen (secondary N) is 2. The van der Waals surface area contributed by atoms with E-state index in [4.69, 9.17) is 9.36 Å². The van der Waals surface area contributed by atoms with Gasteiger partial charge in [0.15, 0.2) is 5.82 Å². The van der Waals surface area contributed by atoms with Crippen LogP contribution in [0.15, 0.2) is 23.0 Å². The van der Waals surface area contributed by atoms with E-state index in [1.54, 1.807) is 26.2 Å². The van der Waals surface area contributed by atoms with Crippen molar-refractivity contribution in [3.05, 3.63) is 24.2 Å². The van der Waals surface area contributed by atoms with Gasteiger partial charge in [-0.3, -0.25) is 10.00 Å². The summed E-state index contributed by atoms with van der Waals surface area (Å²) in [4.78, 5) is 16.7. The minimum Gasteiger partial charge on any atom is -0.390 e. The number of rotatable bonds is 7. The molecule has 0 bridgehead atoms. The monoisotopic (exact) mass is 324 g/mol. The second kappa shape index (κ2) is 7.72. The Morgan fingerprint density at radius 2 is 2.35 bits per heavy atom. The lowest BCUT2D eigenvalue weighted by molar-refractivity contribution is -0.129. The van der Waals surface area contributed by atoms with E-state index in [1.165, 1.54) is 23.1 Å². The first-order valence-electron chi connectivity index (χ1n) is 6.93. The summed E-state index contributed by atoms with van der Waals surface area (Å²) in [7, 11) is 3.24. The van der Waals surface area contributed by atoms with Gasteiger partial charge in [0.2, 0.25) is 0 Å². The fourth-order valence-electron chi connectivity index (χ4n) is 1.88. The Morgan fingerprint density at radius 1 is 1.57 bits per heavy atom. The summed E-state index contributed by atoms with van der Waals surface area (Å²) >= 11 is 0. The molecule has 0 unspecified atom stereocenters. The molecule has 1 atom stereocenters. The Morgan fingerprint density at radius 3 is 3.00 bits per heavy atom. The number of nitrogens with zero attached hydrogens (tertiary/aromatic N) is 4. The predicted molar refractivity (Wildman–Crippen MR) is 81.8 cm³/mol. The molecule has 2 rings (SSSR count). The first-order valence-corrected chi connectivity index (χ1v) is 6.93. The van der Waals surface area contributed by atoms with Crippen LogP contribution in [-0.2, 0) is 11.4 Å². The van der Waals surface area contributed by atoms with Crippen LogP contribution in [0.2, 0.25) is 0 Å². The molecule has 10 nitrogen and oxygen atoms in total. The number of likely N-dealkylation sites (N-methyl/N-ethyl adjacent to an activating group) is 1. The molecule has 0 aliphatic heterocycles. The number of hydroxylamine groups is 2. The number of aryl methyl sites for hydroxylation is 1. The van der Waals surface area contributed by atoms with Crippen molar-refractivity contribution in [1.29, 1.82) is 0 Å². The highest BCUT2D eigenvalue weighted by molar-refractivity contribution is 5.98. The van der Waals surface area contributed by atoms with E-state index in [1.807, 2.05) is 0 Å². The standard InChI is InChI=1S/C13H20N6O4/c1-9-4-12(17-23-9)16-13(21)15-10-5-14-19(6-10)8-11(20)7-18(2)22-3/h4-6,11,20H,7-8H2,1-3H3,(H2,15,16,17,21)/t11-/m1/s1. The van der Waals surface area contributed by atoms with Gasteiger partial charge >= 0.3 is 6.03 Å². The van der Waals surface area contributed by atoms with Gasteiger partial charge in [-0.25, -0.2) is 4.79 Å². The van der Waals surface area contributed by atoms with Crippen molar-refractivity contribution in [3.8, 4) is 0 Å². The maximum Gasteiger partial charge on any atom is 0.325 e. The lowest BCUT2D eigenvalue weighted by Gasteiger charge is -2.17. The van der Waals surface area contributed by atoms with Crippen LogP contribution in [0, 0.1) is 6.92 Å². The van der Waals surface area contributed by atoms with E-state index >= 15 is 0 Å². The molecular formula is C13H20N6O4. The molecule has 0 aliphatic rings. The number of hydrogen-bond donors (Lipinski definition) is 3. The number of aliphatic hydroxyl groups excluding tert-OH is 1. The fourth-order valence-corrected chi connectivity index (χ4v) is 1.88. The second-order valence-corrected chi connectivity index (χ2v) is 5.00. The number of urea groups is 1. The summed E-state index contributed by atoms with van der Waals surface area (Å²) in [6.45, 7) is 2.34. The number of anilines is 2. The van der Waals surface area contributed by atoms with Gasteiger partial charge in [0, 0.05) is 19.3 Å². The maximum absolute atomic E-state index is 11.8. The fraction of sp³-hybridized carbons (Fsp3) is 0.462. The second-order valence-electron chi connectivity index (χ2n) is 5.00. The largest absolute Gasteiger partial charge is 0.390 e. The number of amides is 2. The molecule has 126 valence electrons. The topological polar surface area (TPSA) is 118 Å². The van der Waals surface area contributed by atoms with Crippen molar-refractivity contribution < 1.29 is 19.3 Å². The molecule has 0 spiro atoms. The summed E-state index contributed by atoms with van der Waals surface area (Å²) < 4.78 is 6.39. The van der Waals surface area contributed by atoms with Gasteiger partial charge in [-0.1, -0.05) is 5.16 Å². The van der Waals surface area contributed by atoms with Crippen LogP contribution in [0.25, 0.3) is 0 Å². The third-order valence-electron chi connectivity index (χ3n) is 2.94. The smallest absolute Gasteiger partial charge is 0.325 e. The normalized spacial score (nSPS) is 12.4. The van der Waals surface area contributed by atoms with Crippen LogP contribution < -0.4 is 10.6 Å². The molecule has 0 radical (unpaired) electrons. The Balaban J connectivity index is 1.83. The van der Waals surface area contributed by atoms with Gasteiger partial charge in [-0.05, 0) is 6.92 Å². The number of carbonyl (C=O) groups is 1. The predicted octanol–water partition coefficient (Wildman–Crippen LogP) is 0.678. The highest BCUT2D eigenvalue weighted by Gasteiger charge is 2.11. The van der Waals surface area contributed by atoms with E-state index in [2.05, 4.69) is 20.9 Å². The van der Waals surface area contributed by atoms with Gasteiger partial charge in [-0.15, -0.1) is 0 Å². The van der Waals surface area contributed by atoms with Crippen LogP contribution in [0.5, 0.6) is 0 Å². The Hall–Kier alpha value is -2.43. The Labute approximate surface area is 132 Å². The Bertz CT molecular complexity index is 640. The molecule has 10 heteroatoms. The van der Waals surface area contributed by atoms with E-state index in [0.717, 1.165) is 0 Å². The number of hydrogen-bond acceptors (Lipinski definition) is 7. The first kappa shape index (κ1) is 16.9. The van der Waals surface area contributed by atoms with E-state index in [0.29, 0.717) is 23.8 Å². The minimum atomic E-state index is -0.653. The van der Waals surface area contributed by atoms with E-state index in [9.17, 15) is 9.90 Å². The highest BCUT2D eigenvalue weighted by atomic mass is 16.7. The highest BCUT2D eigenvalue weighted by Crippen LogP contribution is 2.09. The average Bonchev–Trinajstić information content (AvgIpc) is 3.07. The zero-order valence-electron chi connectivity index (χ0n) is 13.2. The number of aliphatic hydroxyl groups is 1. The van der Waals surface area contributed by atoms with Crippen LogP contribution in [0.4, 0.5) is 16.3 Å². The molecule has 0 saturated carbocycles. The van der Waals surface area contributed by atoms with Crippen LogP contribution in [-0.4, -0.2) is 57.9 Å². The molecule has 2 aromatic rings. The maximum atomic E-state index is 11.8. The lowest BCUT2D eigenvalue weighted by atomic mass is 10.3. The molecule has 0 saturated heterocycles. The zero-order valence-corrected chi connectivity index (χ0v) is 13.2. The summed E-state index contributed by atoms with van der Waals surface area (Å²) in [5.41, 5.74) is 0.495. The van der Waals surface area contributed by atoms with Gasteiger partial charge in [-0.2, -0.15) is 10.2 Å². The van der Waals surface area contributed by atoms with Crippen molar-refractivity contribution in [2.24, 2.45) is 0 Å². The zero-order chi connectivity index (χ0) is 16.8. The quantitative estimate of drug-likeness (QED) is 0.641. The molecular weight excluding hydrogens is 304 g/mol. The van der Waals surface area contributed by atoms with Crippen molar-refractivity contribution >= 4 is 17.5 Å². The lowest BCUT2D eigenvalue weighted by Crippen LogP contribution is -2.31. The average molecular weight is 324 g/mol. The van der Waals surface area contributed by atoms with Crippen molar-refractivity contribution in [3.63, 3.8) is 0 Å². The van der Waals surface area contributed by atoms with Crippen LogP contribution in [0.1, 0.15) is 5.76 Å². The van der Waals surface area contributed by atoms with Crippen molar-refractivity contribution in [2.75, 3.05) is 31.3 Å². The molecule has 2 aromatic heterocycles. The van der Waals surface area contributed by atoms with Gasteiger partial charge < -0.3 is 19.8 Å². The first-order chi connectivity index (χ1) is 11.0. The molecule has 23 heavy (non-hydrogen) atoms.